The molecular weight excluding hydrogens is 440 g/mol. The molecule has 5 nitrogen and oxygen atoms in total. The summed E-state index contributed by atoms with van der Waals surface area (Å²) in [5, 5.41) is 0. The zero-order valence-corrected chi connectivity index (χ0v) is 23.8. The van der Waals surface area contributed by atoms with Gasteiger partial charge in [0.15, 0.2) is 0 Å². The molecule has 1 aromatic heterocycles. The predicted molar refractivity (Wildman–Crippen MR) is 140 cm³/mol. The number of alkyl halides is 2. The molecule has 0 bridgehead atoms. The van der Waals surface area contributed by atoms with Gasteiger partial charge in [-0.2, -0.15) is 8.78 Å². The molecule has 2 rings (SSSR count). The Morgan fingerprint density at radius 2 is 1.44 bits per heavy atom. The second kappa shape index (κ2) is 29.3. The molecule has 202 valence electrons. The molecule has 0 unspecified atom stereocenters. The number of aromatic nitrogens is 1. The van der Waals surface area contributed by atoms with Gasteiger partial charge in [-0.1, -0.05) is 75.7 Å². The second-order valence-electron chi connectivity index (χ2n) is 5.76. The lowest BCUT2D eigenvalue weighted by molar-refractivity contribution is -0.197. The number of ether oxygens (including phenoxy) is 4. The standard InChI is InChI=1S/C16H19F2NO4.C3H8.4C2H6/c1-20-7-8-22-16(17,18)6-5-12-3-4-13(11-19-12)23-15-9-14(10-15)21-2;1-3-2;4*1-2/h3-4,11,14-15H,7-10H2,1-2H3;3H2,1-2H3;4*1-2H3. The molecule has 7 heteroatoms. The van der Waals surface area contributed by atoms with Crippen molar-refractivity contribution in [3.8, 4) is 17.6 Å². The summed E-state index contributed by atoms with van der Waals surface area (Å²) in [5.41, 5.74) is 0.218. The van der Waals surface area contributed by atoms with Crippen LogP contribution >= 0.6 is 0 Å². The van der Waals surface area contributed by atoms with E-state index in [-0.39, 0.29) is 31.1 Å². The highest BCUT2D eigenvalue weighted by Crippen LogP contribution is 2.27. The Morgan fingerprint density at radius 1 is 0.912 bits per heavy atom. The smallest absolute Gasteiger partial charge is 0.423 e. The Morgan fingerprint density at radius 3 is 1.85 bits per heavy atom. The van der Waals surface area contributed by atoms with E-state index >= 15 is 0 Å². The fourth-order valence-electron chi connectivity index (χ4n) is 1.95. The van der Waals surface area contributed by atoms with Gasteiger partial charge in [-0.25, -0.2) is 4.98 Å². The fourth-order valence-corrected chi connectivity index (χ4v) is 1.95. The van der Waals surface area contributed by atoms with Crippen molar-refractivity contribution in [2.24, 2.45) is 0 Å². The van der Waals surface area contributed by atoms with E-state index < -0.39 is 6.11 Å². The summed E-state index contributed by atoms with van der Waals surface area (Å²) < 4.78 is 46.4. The van der Waals surface area contributed by atoms with Crippen LogP contribution in [0.1, 0.15) is 94.2 Å². The summed E-state index contributed by atoms with van der Waals surface area (Å²) >= 11 is 0. The minimum absolute atomic E-state index is 0.0760. The Bertz CT molecular complexity index is 566. The van der Waals surface area contributed by atoms with Crippen molar-refractivity contribution >= 4 is 0 Å². The lowest BCUT2D eigenvalue weighted by Crippen LogP contribution is -2.38. The first-order valence-corrected chi connectivity index (χ1v) is 12.6. The van der Waals surface area contributed by atoms with Gasteiger partial charge in [0, 0.05) is 33.0 Å². The van der Waals surface area contributed by atoms with E-state index in [2.05, 4.69) is 34.2 Å². The monoisotopic (exact) mass is 491 g/mol. The largest absolute Gasteiger partial charge is 0.489 e. The van der Waals surface area contributed by atoms with Crippen molar-refractivity contribution in [2.45, 2.75) is 107 Å². The average molecular weight is 492 g/mol. The Balaban J connectivity index is -0.000000356. The summed E-state index contributed by atoms with van der Waals surface area (Å²) in [5.74, 6) is 4.61. The lowest BCUT2D eigenvalue weighted by atomic mass is 9.92. The van der Waals surface area contributed by atoms with Crippen LogP contribution in [0.2, 0.25) is 0 Å². The Hall–Kier alpha value is -1.75. The van der Waals surface area contributed by atoms with Crippen LogP contribution < -0.4 is 4.74 Å². The van der Waals surface area contributed by atoms with Gasteiger partial charge in [-0.05, 0) is 18.1 Å². The molecule has 0 aliphatic heterocycles. The minimum Gasteiger partial charge on any atom is -0.489 e. The number of nitrogens with zero attached hydrogens (tertiary/aromatic N) is 1. The molecule has 0 saturated heterocycles. The van der Waals surface area contributed by atoms with Gasteiger partial charge in [-0.15, -0.1) is 0 Å². The number of hydrogen-bond acceptors (Lipinski definition) is 5. The molecule has 1 aromatic rings. The van der Waals surface area contributed by atoms with Gasteiger partial charge in [0.2, 0.25) is 0 Å². The number of halogens is 2. The molecule has 0 atom stereocenters. The summed E-state index contributed by atoms with van der Waals surface area (Å²) in [6, 6.07) is 3.18. The first-order valence-electron chi connectivity index (χ1n) is 12.6. The highest BCUT2D eigenvalue weighted by molar-refractivity contribution is 5.32. The maximum absolute atomic E-state index is 13.3. The van der Waals surface area contributed by atoms with E-state index in [4.69, 9.17) is 9.47 Å². The maximum atomic E-state index is 13.3. The molecule has 0 N–H and O–H groups in total. The van der Waals surface area contributed by atoms with Crippen molar-refractivity contribution in [2.75, 3.05) is 27.4 Å². The fraction of sp³-hybridized carbons (Fsp3) is 0.741. The Kier molecular flexibility index (Phi) is 34.0. The van der Waals surface area contributed by atoms with Gasteiger partial charge in [0.1, 0.15) is 17.5 Å². The van der Waals surface area contributed by atoms with Crippen molar-refractivity contribution in [1.29, 1.82) is 0 Å². The lowest BCUT2D eigenvalue weighted by Gasteiger charge is -2.33. The summed E-state index contributed by atoms with van der Waals surface area (Å²) in [6.07, 6.45) is 1.21. The third kappa shape index (κ3) is 22.1. The molecule has 1 saturated carbocycles. The van der Waals surface area contributed by atoms with E-state index in [0.29, 0.717) is 5.75 Å². The van der Waals surface area contributed by atoms with E-state index in [1.807, 2.05) is 55.4 Å². The molecular formula is C27H51F2NO4. The SMILES string of the molecule is CC.CC.CC.CC.CCC.COCCOC(F)(F)C#Cc1ccc(OC2CC(OC)C2)cn1. The van der Waals surface area contributed by atoms with Gasteiger partial charge in [0.25, 0.3) is 0 Å². The van der Waals surface area contributed by atoms with Crippen molar-refractivity contribution in [1.82, 2.24) is 4.98 Å². The van der Waals surface area contributed by atoms with Crippen LogP contribution in [0.25, 0.3) is 0 Å². The molecule has 1 heterocycles. The molecule has 1 fully saturated rings. The van der Waals surface area contributed by atoms with Crippen LogP contribution in [0.3, 0.4) is 0 Å². The Labute approximate surface area is 208 Å². The van der Waals surface area contributed by atoms with Crippen LogP contribution in [0.4, 0.5) is 8.78 Å². The summed E-state index contributed by atoms with van der Waals surface area (Å²) in [7, 11) is 3.07. The van der Waals surface area contributed by atoms with E-state index in [0.717, 1.165) is 12.8 Å². The van der Waals surface area contributed by atoms with Gasteiger partial charge < -0.3 is 18.9 Å². The number of rotatable bonds is 7. The van der Waals surface area contributed by atoms with Crippen molar-refractivity contribution < 1.29 is 27.7 Å². The van der Waals surface area contributed by atoms with Crippen LogP contribution in [-0.4, -0.2) is 50.7 Å². The number of pyridine rings is 1. The van der Waals surface area contributed by atoms with Crippen LogP contribution in [0.15, 0.2) is 18.3 Å². The van der Waals surface area contributed by atoms with E-state index in [1.165, 1.54) is 25.8 Å². The zero-order chi connectivity index (χ0) is 27.4. The second-order valence-corrected chi connectivity index (χ2v) is 5.76. The van der Waals surface area contributed by atoms with Gasteiger partial charge in [-0.3, -0.25) is 0 Å². The van der Waals surface area contributed by atoms with Crippen molar-refractivity contribution in [3.05, 3.63) is 24.0 Å². The summed E-state index contributed by atoms with van der Waals surface area (Å²) in [6.45, 7) is 20.1. The molecule has 0 aromatic carbocycles. The van der Waals surface area contributed by atoms with Crippen molar-refractivity contribution in [3.63, 3.8) is 0 Å². The highest BCUT2D eigenvalue weighted by Gasteiger charge is 2.30. The predicted octanol–water partition coefficient (Wildman–Crippen LogP) is 7.77. The first kappa shape index (κ1) is 39.5. The van der Waals surface area contributed by atoms with Crippen LogP contribution in [0.5, 0.6) is 5.75 Å². The molecule has 34 heavy (non-hydrogen) atoms. The zero-order valence-electron chi connectivity index (χ0n) is 23.8. The quantitative estimate of drug-likeness (QED) is 0.288. The number of methoxy groups -OCH3 is 2. The molecule has 1 aliphatic carbocycles. The maximum Gasteiger partial charge on any atom is 0.423 e. The third-order valence-corrected chi connectivity index (χ3v) is 3.33. The molecule has 0 radical (unpaired) electrons. The third-order valence-electron chi connectivity index (χ3n) is 3.33. The van der Waals surface area contributed by atoms with Gasteiger partial charge in [0.05, 0.1) is 25.5 Å². The average Bonchev–Trinajstić information content (AvgIpc) is 2.86. The summed E-state index contributed by atoms with van der Waals surface area (Å²) in [4.78, 5) is 3.99. The topological polar surface area (TPSA) is 49.8 Å². The van der Waals surface area contributed by atoms with Crippen LogP contribution in [0, 0.1) is 11.8 Å². The van der Waals surface area contributed by atoms with Crippen LogP contribution in [-0.2, 0) is 14.2 Å². The highest BCUT2D eigenvalue weighted by atomic mass is 19.3. The van der Waals surface area contributed by atoms with E-state index in [1.54, 1.807) is 19.1 Å². The van der Waals surface area contributed by atoms with Gasteiger partial charge >= 0.3 is 6.11 Å². The molecule has 0 spiro atoms. The number of hydrogen-bond donors (Lipinski definition) is 0. The normalized spacial score (nSPS) is 15.0. The molecule has 0 amide bonds. The minimum atomic E-state index is -3.53. The first-order chi connectivity index (χ1) is 16.4. The van der Waals surface area contributed by atoms with E-state index in [9.17, 15) is 8.78 Å². The molecule has 1 aliphatic rings.